The molecule has 3 aromatic rings. The average molecular weight is 299 g/mol. The van der Waals surface area contributed by atoms with E-state index in [1.807, 2.05) is 42.5 Å². The largest absolute Gasteiger partial charge is 0.497 e. The summed E-state index contributed by atoms with van der Waals surface area (Å²) in [5.74, 6) is 1.73. The topological polar surface area (TPSA) is 71.5 Å². The molecule has 22 heavy (non-hydrogen) atoms. The van der Waals surface area contributed by atoms with Gasteiger partial charge in [0.15, 0.2) is 0 Å². The molecule has 2 N–H and O–H groups in total. The molecule has 0 fully saturated rings. The van der Waals surface area contributed by atoms with Gasteiger partial charge in [-0.25, -0.2) is 0 Å². The summed E-state index contributed by atoms with van der Waals surface area (Å²) in [5.41, 5.74) is 3.33. The maximum absolute atomic E-state index is 8.36. The summed E-state index contributed by atoms with van der Waals surface area (Å²) in [6.07, 6.45) is 0. The average Bonchev–Trinajstić information content (AvgIpc) is 2.98. The third kappa shape index (κ3) is 3.38. The number of methoxy groups -OCH3 is 2. The van der Waals surface area contributed by atoms with Crippen LogP contribution in [0.15, 0.2) is 48.5 Å². The molecule has 0 amide bonds. The number of aromatic nitrogens is 1. The molecule has 0 aliphatic rings. The molecule has 5 nitrogen and oxygen atoms in total. The molecule has 0 bridgehead atoms. The zero-order valence-electron chi connectivity index (χ0n) is 12.4. The van der Waals surface area contributed by atoms with E-state index >= 15 is 0 Å². The lowest BCUT2D eigenvalue weighted by Gasteiger charge is -2.01. The lowest BCUT2D eigenvalue weighted by molar-refractivity contribution is -0.122. The molecule has 114 valence electrons. The van der Waals surface area contributed by atoms with Crippen molar-refractivity contribution in [2.24, 2.45) is 0 Å². The fraction of sp³-hybridized carbons (Fsp3) is 0.118. The lowest BCUT2D eigenvalue weighted by Crippen LogP contribution is -1.82. The van der Waals surface area contributed by atoms with Crippen LogP contribution in [0.5, 0.6) is 11.5 Å². The Balaban J connectivity index is 0.000000545. The highest BCUT2D eigenvalue weighted by molar-refractivity contribution is 5.87. The van der Waals surface area contributed by atoms with E-state index in [0.717, 1.165) is 33.7 Å². The number of carboxylic acid groups (broad SMARTS) is 1. The maximum atomic E-state index is 8.36. The number of rotatable bonds is 3. The van der Waals surface area contributed by atoms with E-state index in [4.69, 9.17) is 19.4 Å². The zero-order valence-corrected chi connectivity index (χ0v) is 12.4. The number of H-pyrrole nitrogens is 1. The molecule has 1 aromatic heterocycles. The normalized spacial score (nSPS) is 9.73. The Morgan fingerprint density at radius 2 is 1.55 bits per heavy atom. The van der Waals surface area contributed by atoms with Crippen LogP contribution in [0.1, 0.15) is 0 Å². The van der Waals surface area contributed by atoms with Crippen LogP contribution in [-0.4, -0.2) is 30.8 Å². The van der Waals surface area contributed by atoms with Crippen molar-refractivity contribution in [3.63, 3.8) is 0 Å². The molecule has 2 aromatic carbocycles. The second kappa shape index (κ2) is 7.17. The Bertz CT molecular complexity index is 747. The zero-order chi connectivity index (χ0) is 15.9. The minimum atomic E-state index is -0.250. The van der Waals surface area contributed by atoms with Crippen molar-refractivity contribution in [2.45, 2.75) is 0 Å². The van der Waals surface area contributed by atoms with E-state index in [9.17, 15) is 0 Å². The standard InChI is InChI=1S/C16H15NO2.CH2O2/c1-18-13-5-3-11(4-6-13)16-10-12-9-14(19-2)7-8-15(12)17-16;2-1-3/h3-10,17H,1-2H3;1H,(H,2,3). The van der Waals surface area contributed by atoms with Gasteiger partial charge in [-0.2, -0.15) is 0 Å². The number of carbonyl (C=O) groups is 1. The maximum Gasteiger partial charge on any atom is 0.290 e. The summed E-state index contributed by atoms with van der Waals surface area (Å²) in [7, 11) is 3.35. The highest BCUT2D eigenvalue weighted by atomic mass is 16.5. The molecule has 0 aliphatic heterocycles. The van der Waals surface area contributed by atoms with Gasteiger partial charge in [-0.3, -0.25) is 4.79 Å². The summed E-state index contributed by atoms with van der Waals surface area (Å²) in [4.78, 5) is 11.8. The lowest BCUT2D eigenvalue weighted by atomic mass is 10.1. The van der Waals surface area contributed by atoms with Crippen molar-refractivity contribution < 1.29 is 19.4 Å². The smallest absolute Gasteiger partial charge is 0.290 e. The summed E-state index contributed by atoms with van der Waals surface area (Å²) in [5, 5.41) is 8.03. The van der Waals surface area contributed by atoms with Crippen molar-refractivity contribution in [3.05, 3.63) is 48.5 Å². The second-order valence-electron chi connectivity index (χ2n) is 4.47. The van der Waals surface area contributed by atoms with Crippen molar-refractivity contribution in [3.8, 4) is 22.8 Å². The summed E-state index contributed by atoms with van der Waals surface area (Å²) in [6, 6.07) is 16.1. The quantitative estimate of drug-likeness (QED) is 0.725. The van der Waals surface area contributed by atoms with Crippen LogP contribution in [-0.2, 0) is 4.79 Å². The Kier molecular flexibility index (Phi) is 5.03. The summed E-state index contributed by atoms with van der Waals surface area (Å²) < 4.78 is 10.4. The van der Waals surface area contributed by atoms with E-state index in [1.165, 1.54) is 0 Å². The minimum absolute atomic E-state index is 0.250. The van der Waals surface area contributed by atoms with Crippen LogP contribution < -0.4 is 9.47 Å². The minimum Gasteiger partial charge on any atom is -0.497 e. The Hall–Kier alpha value is -2.95. The van der Waals surface area contributed by atoms with Gasteiger partial charge in [0.2, 0.25) is 0 Å². The summed E-state index contributed by atoms with van der Waals surface area (Å²) >= 11 is 0. The molecular weight excluding hydrogens is 282 g/mol. The van der Waals surface area contributed by atoms with Crippen molar-refractivity contribution in [1.82, 2.24) is 4.98 Å². The fourth-order valence-electron chi connectivity index (χ4n) is 2.16. The van der Waals surface area contributed by atoms with Crippen LogP contribution in [0.2, 0.25) is 0 Å². The highest BCUT2D eigenvalue weighted by Crippen LogP contribution is 2.27. The van der Waals surface area contributed by atoms with Gasteiger partial charge in [-0.1, -0.05) is 0 Å². The SMILES string of the molecule is COc1ccc(-c2cc3cc(OC)ccc3[nH]2)cc1.O=CO. The van der Waals surface area contributed by atoms with Gasteiger partial charge in [0.05, 0.1) is 14.2 Å². The van der Waals surface area contributed by atoms with E-state index < -0.39 is 0 Å². The monoisotopic (exact) mass is 299 g/mol. The number of hydrogen-bond acceptors (Lipinski definition) is 3. The Morgan fingerprint density at radius 3 is 2.14 bits per heavy atom. The number of hydrogen-bond donors (Lipinski definition) is 2. The van der Waals surface area contributed by atoms with Crippen molar-refractivity contribution in [2.75, 3.05) is 14.2 Å². The van der Waals surface area contributed by atoms with Crippen LogP contribution in [0.4, 0.5) is 0 Å². The molecule has 5 heteroatoms. The summed E-state index contributed by atoms with van der Waals surface area (Å²) in [6.45, 7) is -0.250. The number of fused-ring (bicyclic) bond motifs is 1. The second-order valence-corrected chi connectivity index (χ2v) is 4.47. The van der Waals surface area contributed by atoms with E-state index in [0.29, 0.717) is 0 Å². The number of benzene rings is 2. The van der Waals surface area contributed by atoms with Gasteiger partial charge >= 0.3 is 0 Å². The predicted octanol–water partition coefficient (Wildman–Crippen LogP) is 3.55. The van der Waals surface area contributed by atoms with Gasteiger partial charge in [0.1, 0.15) is 11.5 Å². The first kappa shape index (κ1) is 15.4. The van der Waals surface area contributed by atoms with Crippen molar-refractivity contribution >= 4 is 17.4 Å². The molecular formula is C17H17NO4. The first-order valence-corrected chi connectivity index (χ1v) is 6.61. The molecule has 3 rings (SSSR count). The highest BCUT2D eigenvalue weighted by Gasteiger charge is 2.04. The van der Waals surface area contributed by atoms with Crippen LogP contribution in [0.25, 0.3) is 22.2 Å². The van der Waals surface area contributed by atoms with Gasteiger partial charge in [0, 0.05) is 16.6 Å². The van der Waals surface area contributed by atoms with Gasteiger partial charge in [-0.15, -0.1) is 0 Å². The molecule has 0 saturated heterocycles. The molecule has 0 unspecified atom stereocenters. The molecule has 0 aliphatic carbocycles. The first-order chi connectivity index (χ1) is 10.7. The van der Waals surface area contributed by atoms with Crippen LogP contribution in [0.3, 0.4) is 0 Å². The Labute approximate surface area is 128 Å². The number of aromatic amines is 1. The fourth-order valence-corrected chi connectivity index (χ4v) is 2.16. The molecule has 0 saturated carbocycles. The van der Waals surface area contributed by atoms with Crippen LogP contribution >= 0.6 is 0 Å². The van der Waals surface area contributed by atoms with E-state index in [-0.39, 0.29) is 6.47 Å². The first-order valence-electron chi connectivity index (χ1n) is 6.61. The molecule has 0 atom stereocenters. The van der Waals surface area contributed by atoms with E-state index in [1.54, 1.807) is 14.2 Å². The molecule has 1 heterocycles. The van der Waals surface area contributed by atoms with Gasteiger partial charge in [0.25, 0.3) is 6.47 Å². The third-order valence-corrected chi connectivity index (χ3v) is 3.23. The molecule has 0 radical (unpaired) electrons. The predicted molar refractivity (Wildman–Crippen MR) is 85.5 cm³/mol. The van der Waals surface area contributed by atoms with Crippen molar-refractivity contribution in [1.29, 1.82) is 0 Å². The Morgan fingerprint density at radius 1 is 0.955 bits per heavy atom. The van der Waals surface area contributed by atoms with Gasteiger partial charge in [-0.05, 0) is 54.1 Å². The van der Waals surface area contributed by atoms with Gasteiger partial charge < -0.3 is 19.6 Å². The molecule has 0 spiro atoms. The third-order valence-electron chi connectivity index (χ3n) is 3.23. The number of nitrogens with one attached hydrogen (secondary N) is 1. The number of ether oxygens (including phenoxy) is 2. The van der Waals surface area contributed by atoms with E-state index in [2.05, 4.69) is 11.1 Å². The van der Waals surface area contributed by atoms with Crippen LogP contribution in [0, 0.1) is 0 Å².